The van der Waals surface area contributed by atoms with E-state index >= 15 is 0 Å². The van der Waals surface area contributed by atoms with Crippen molar-refractivity contribution >= 4 is 39.6 Å². The van der Waals surface area contributed by atoms with Crippen LogP contribution in [0.3, 0.4) is 0 Å². The van der Waals surface area contributed by atoms with E-state index < -0.39 is 0 Å². The zero-order chi connectivity index (χ0) is 19.5. The van der Waals surface area contributed by atoms with Gasteiger partial charge in [-0.3, -0.25) is 0 Å². The number of carbonyl (C=O) groups is 1. The number of thiocarbonyl (C=S) groups is 1. The molecular formula is C21H34N2O2S2. The summed E-state index contributed by atoms with van der Waals surface area (Å²) in [6.07, 6.45) is 13.3. The Morgan fingerprint density at radius 2 is 1.78 bits per heavy atom. The molecule has 0 saturated carbocycles. The fourth-order valence-electron chi connectivity index (χ4n) is 3.50. The summed E-state index contributed by atoms with van der Waals surface area (Å²) in [6.45, 7) is 5.36. The maximum absolute atomic E-state index is 12.5. The second kappa shape index (κ2) is 12.3. The molecular weight excluding hydrogens is 376 g/mol. The molecule has 1 aromatic rings. The Bertz CT molecular complexity index is 614. The molecule has 0 spiro atoms. The Morgan fingerprint density at radius 3 is 2.52 bits per heavy atom. The van der Waals surface area contributed by atoms with Crippen LogP contribution in [0.4, 0.5) is 5.00 Å². The maximum Gasteiger partial charge on any atom is 0.341 e. The highest BCUT2D eigenvalue weighted by atomic mass is 32.1. The van der Waals surface area contributed by atoms with Gasteiger partial charge in [-0.1, -0.05) is 45.4 Å². The van der Waals surface area contributed by atoms with Gasteiger partial charge in [0.15, 0.2) is 5.11 Å². The van der Waals surface area contributed by atoms with Gasteiger partial charge in [0.25, 0.3) is 0 Å². The summed E-state index contributed by atoms with van der Waals surface area (Å²) in [5, 5.41) is 8.00. The van der Waals surface area contributed by atoms with Gasteiger partial charge >= 0.3 is 5.97 Å². The molecule has 0 bridgehead atoms. The molecule has 4 nitrogen and oxygen atoms in total. The van der Waals surface area contributed by atoms with Crippen molar-refractivity contribution in [2.45, 2.75) is 84.5 Å². The summed E-state index contributed by atoms with van der Waals surface area (Å²) in [7, 11) is 0. The zero-order valence-corrected chi connectivity index (χ0v) is 18.5. The first-order valence-electron chi connectivity index (χ1n) is 10.5. The van der Waals surface area contributed by atoms with Crippen LogP contribution in [0.2, 0.25) is 0 Å². The number of fused-ring (bicyclic) bond motifs is 1. The van der Waals surface area contributed by atoms with Gasteiger partial charge < -0.3 is 15.4 Å². The van der Waals surface area contributed by atoms with Crippen molar-refractivity contribution in [3.05, 3.63) is 16.0 Å². The number of thiophene rings is 1. The maximum atomic E-state index is 12.5. The third kappa shape index (κ3) is 7.07. The first-order valence-corrected chi connectivity index (χ1v) is 11.8. The Morgan fingerprint density at radius 1 is 1.07 bits per heavy atom. The number of carbonyl (C=O) groups excluding carboxylic acids is 1. The van der Waals surface area contributed by atoms with E-state index in [1.54, 1.807) is 11.3 Å². The number of hydrogen-bond acceptors (Lipinski definition) is 4. The van der Waals surface area contributed by atoms with Gasteiger partial charge in [-0.25, -0.2) is 4.79 Å². The Kier molecular flexibility index (Phi) is 10.1. The summed E-state index contributed by atoms with van der Waals surface area (Å²) in [5.74, 6) is -0.228. The molecule has 0 amide bonds. The lowest BCUT2D eigenvalue weighted by atomic mass is 9.95. The van der Waals surface area contributed by atoms with Crippen LogP contribution >= 0.6 is 23.6 Å². The van der Waals surface area contributed by atoms with Crippen molar-refractivity contribution in [2.24, 2.45) is 0 Å². The number of aryl methyl sites for hydroxylation is 1. The molecule has 0 fully saturated rings. The van der Waals surface area contributed by atoms with Crippen molar-refractivity contribution in [3.8, 4) is 0 Å². The van der Waals surface area contributed by atoms with Crippen molar-refractivity contribution in [2.75, 3.05) is 18.5 Å². The lowest BCUT2D eigenvalue weighted by Gasteiger charge is -2.13. The second-order valence-electron chi connectivity index (χ2n) is 7.14. The number of unbranched alkanes of at least 4 members (excludes halogenated alkanes) is 6. The second-order valence-corrected chi connectivity index (χ2v) is 8.65. The first kappa shape index (κ1) is 22.2. The SMILES string of the molecule is CCCCCCCCCNC(=S)Nc1sc2c(c1C(=O)OCC)CCCC2. The molecule has 1 heterocycles. The summed E-state index contributed by atoms with van der Waals surface area (Å²) in [6, 6.07) is 0. The molecule has 1 aliphatic rings. The van der Waals surface area contributed by atoms with Crippen LogP contribution in [0.1, 0.15) is 92.4 Å². The first-order chi connectivity index (χ1) is 13.2. The number of esters is 1. The Hall–Kier alpha value is -1.14. The van der Waals surface area contributed by atoms with E-state index in [9.17, 15) is 4.79 Å². The standard InChI is InChI=1S/C21H34N2O2S2/c1-3-5-6-7-8-9-12-15-22-21(26)23-19-18(20(24)25-4-2)16-13-10-11-14-17(16)27-19/h3-15H2,1-2H3,(H2,22,23,26). The number of ether oxygens (including phenoxy) is 1. The molecule has 0 atom stereocenters. The van der Waals surface area contributed by atoms with E-state index in [0.717, 1.165) is 37.2 Å². The van der Waals surface area contributed by atoms with Crippen LogP contribution in [0, 0.1) is 0 Å². The van der Waals surface area contributed by atoms with E-state index in [2.05, 4.69) is 17.6 Å². The summed E-state index contributed by atoms with van der Waals surface area (Å²) >= 11 is 7.12. The van der Waals surface area contributed by atoms with Crippen LogP contribution in [-0.4, -0.2) is 24.2 Å². The van der Waals surface area contributed by atoms with Gasteiger partial charge in [-0.15, -0.1) is 11.3 Å². The monoisotopic (exact) mass is 410 g/mol. The van der Waals surface area contributed by atoms with Gasteiger partial charge in [-0.05, 0) is 56.8 Å². The van der Waals surface area contributed by atoms with Crippen LogP contribution < -0.4 is 10.6 Å². The highest BCUT2D eigenvalue weighted by Crippen LogP contribution is 2.38. The van der Waals surface area contributed by atoms with Gasteiger partial charge in [0.1, 0.15) is 5.00 Å². The van der Waals surface area contributed by atoms with E-state index in [4.69, 9.17) is 17.0 Å². The van der Waals surface area contributed by atoms with Crippen LogP contribution in [0.5, 0.6) is 0 Å². The molecule has 1 aliphatic carbocycles. The predicted octanol–water partition coefficient (Wildman–Crippen LogP) is 5.84. The third-order valence-corrected chi connectivity index (χ3v) is 6.40. The van der Waals surface area contributed by atoms with Crippen LogP contribution in [0.15, 0.2) is 0 Å². The fraction of sp³-hybridized carbons (Fsp3) is 0.714. The van der Waals surface area contributed by atoms with Gasteiger partial charge in [0.2, 0.25) is 0 Å². The third-order valence-electron chi connectivity index (χ3n) is 4.94. The molecule has 152 valence electrons. The molecule has 2 rings (SSSR count). The minimum atomic E-state index is -0.228. The predicted molar refractivity (Wildman–Crippen MR) is 119 cm³/mol. The molecule has 1 aromatic heterocycles. The number of hydrogen-bond donors (Lipinski definition) is 2. The fourth-order valence-corrected chi connectivity index (χ4v) is 5.06. The quantitative estimate of drug-likeness (QED) is 0.273. The van der Waals surface area contributed by atoms with Gasteiger partial charge in [0, 0.05) is 11.4 Å². The molecule has 0 unspecified atom stereocenters. The van der Waals surface area contributed by atoms with Crippen molar-refractivity contribution in [1.29, 1.82) is 0 Å². The summed E-state index contributed by atoms with van der Waals surface area (Å²) in [5.41, 5.74) is 1.87. The number of rotatable bonds is 11. The zero-order valence-electron chi connectivity index (χ0n) is 16.8. The van der Waals surface area contributed by atoms with Crippen molar-refractivity contribution in [3.63, 3.8) is 0 Å². The summed E-state index contributed by atoms with van der Waals surface area (Å²) < 4.78 is 5.29. The van der Waals surface area contributed by atoms with Crippen LogP contribution in [-0.2, 0) is 17.6 Å². The topological polar surface area (TPSA) is 50.4 Å². The smallest absolute Gasteiger partial charge is 0.341 e. The van der Waals surface area contributed by atoms with Crippen molar-refractivity contribution in [1.82, 2.24) is 5.32 Å². The molecule has 0 saturated heterocycles. The largest absolute Gasteiger partial charge is 0.462 e. The molecule has 27 heavy (non-hydrogen) atoms. The molecule has 6 heteroatoms. The highest BCUT2D eigenvalue weighted by Gasteiger charge is 2.26. The summed E-state index contributed by atoms with van der Waals surface area (Å²) in [4.78, 5) is 13.8. The molecule has 0 aliphatic heterocycles. The Labute approximate surface area is 173 Å². The van der Waals surface area contributed by atoms with E-state index in [-0.39, 0.29) is 5.97 Å². The lowest BCUT2D eigenvalue weighted by Crippen LogP contribution is -2.29. The average molecular weight is 411 g/mol. The van der Waals surface area contributed by atoms with E-state index in [1.165, 1.54) is 55.4 Å². The number of nitrogens with one attached hydrogen (secondary N) is 2. The minimum Gasteiger partial charge on any atom is -0.462 e. The molecule has 0 aromatic carbocycles. The lowest BCUT2D eigenvalue weighted by molar-refractivity contribution is 0.0526. The number of anilines is 1. The average Bonchev–Trinajstić information content (AvgIpc) is 3.01. The van der Waals surface area contributed by atoms with Crippen LogP contribution in [0.25, 0.3) is 0 Å². The normalized spacial score (nSPS) is 13.1. The molecule has 0 radical (unpaired) electrons. The Balaban J connectivity index is 1.82. The van der Waals surface area contributed by atoms with Gasteiger partial charge in [0.05, 0.1) is 12.2 Å². The molecule has 2 N–H and O–H groups in total. The van der Waals surface area contributed by atoms with E-state index in [1.807, 2.05) is 6.92 Å². The highest BCUT2D eigenvalue weighted by molar-refractivity contribution is 7.80. The minimum absolute atomic E-state index is 0.228. The van der Waals surface area contributed by atoms with E-state index in [0.29, 0.717) is 17.3 Å². The van der Waals surface area contributed by atoms with Gasteiger partial charge in [-0.2, -0.15) is 0 Å². The van der Waals surface area contributed by atoms with Crippen molar-refractivity contribution < 1.29 is 9.53 Å².